The van der Waals surface area contributed by atoms with Gasteiger partial charge >= 0.3 is 0 Å². The first kappa shape index (κ1) is 17.8. The first-order valence-corrected chi connectivity index (χ1v) is 11.6. The molecule has 0 heterocycles. The maximum absolute atomic E-state index is 4.14. The monoisotopic (exact) mass is 324 g/mol. The smallest absolute Gasteiger partial charge is 0.0136 e. The van der Waals surface area contributed by atoms with E-state index < -0.39 is 8.46 Å². The molecule has 0 saturated carbocycles. The van der Waals surface area contributed by atoms with Crippen LogP contribution in [0.5, 0.6) is 0 Å². The Kier molecular flexibility index (Phi) is 12.5. The molecule has 0 rings (SSSR count). The fraction of sp³-hybridized carbons (Fsp3) is 1.00. The lowest BCUT2D eigenvalue weighted by atomic mass is 10.2. The lowest BCUT2D eigenvalue weighted by Gasteiger charge is -2.33. The standard InChI is InChI=1S/C15H33BrS/c1-4-7-10-11-12-15-17(16,13-8-5-2)14-9-6-3/h4-15H2,1-3H3. The third-order valence-corrected chi connectivity index (χ3v) is 9.32. The second-order valence-electron chi connectivity index (χ2n) is 5.17. The van der Waals surface area contributed by atoms with Gasteiger partial charge in [-0.3, -0.25) is 0 Å². The van der Waals surface area contributed by atoms with Crippen LogP contribution in [0.25, 0.3) is 0 Å². The van der Waals surface area contributed by atoms with Crippen LogP contribution in [0.2, 0.25) is 0 Å². The average molecular weight is 325 g/mol. The Hall–Kier alpha value is 0.830. The molecule has 17 heavy (non-hydrogen) atoms. The van der Waals surface area contributed by atoms with Gasteiger partial charge in [-0.05, 0) is 51.3 Å². The van der Waals surface area contributed by atoms with Gasteiger partial charge in [0.25, 0.3) is 0 Å². The van der Waals surface area contributed by atoms with Gasteiger partial charge in [-0.15, -0.1) is 0 Å². The zero-order valence-corrected chi connectivity index (χ0v) is 14.7. The fourth-order valence-electron chi connectivity index (χ4n) is 2.08. The molecule has 0 aromatic carbocycles. The molecule has 0 unspecified atom stereocenters. The van der Waals surface area contributed by atoms with Crippen LogP contribution in [-0.2, 0) is 0 Å². The Labute approximate surface area is 119 Å². The van der Waals surface area contributed by atoms with Gasteiger partial charge in [0, 0.05) is 0 Å². The molecule has 0 spiro atoms. The summed E-state index contributed by atoms with van der Waals surface area (Å²) in [4.78, 5) is 0. The van der Waals surface area contributed by atoms with Gasteiger partial charge in [-0.25, -0.2) is 0 Å². The SMILES string of the molecule is CCCCCCCS(Br)(CCCC)CCCC. The van der Waals surface area contributed by atoms with Crippen molar-refractivity contribution in [3.8, 4) is 0 Å². The maximum Gasteiger partial charge on any atom is -0.0136 e. The molecular formula is C15H33BrS. The highest BCUT2D eigenvalue weighted by atomic mass is 79.9. The molecular weight excluding hydrogens is 292 g/mol. The zero-order valence-electron chi connectivity index (χ0n) is 12.3. The number of rotatable bonds is 12. The Morgan fingerprint density at radius 3 is 1.47 bits per heavy atom. The van der Waals surface area contributed by atoms with Crippen molar-refractivity contribution in [1.82, 2.24) is 0 Å². The lowest BCUT2D eigenvalue weighted by Crippen LogP contribution is -2.07. The molecule has 0 aliphatic rings. The van der Waals surface area contributed by atoms with Gasteiger partial charge in [0.15, 0.2) is 0 Å². The molecule has 0 atom stereocenters. The largest absolute Gasteiger partial charge is 0.183 e. The summed E-state index contributed by atoms with van der Waals surface area (Å²) < 4.78 is 0. The second-order valence-corrected chi connectivity index (χ2v) is 12.4. The van der Waals surface area contributed by atoms with Gasteiger partial charge in [-0.2, -0.15) is 8.46 Å². The van der Waals surface area contributed by atoms with Gasteiger partial charge in [-0.1, -0.05) is 59.3 Å². The van der Waals surface area contributed by atoms with Crippen molar-refractivity contribution in [2.24, 2.45) is 0 Å². The molecule has 106 valence electrons. The van der Waals surface area contributed by atoms with Gasteiger partial charge in [0.05, 0.1) is 0 Å². The van der Waals surface area contributed by atoms with Crippen LogP contribution in [0.4, 0.5) is 0 Å². The van der Waals surface area contributed by atoms with Crippen molar-refractivity contribution in [2.75, 3.05) is 17.3 Å². The third kappa shape index (κ3) is 10.4. The molecule has 0 aliphatic heterocycles. The minimum absolute atomic E-state index is 0.438. The molecule has 0 saturated heterocycles. The summed E-state index contributed by atoms with van der Waals surface area (Å²) in [6.07, 6.45) is 12.7. The van der Waals surface area contributed by atoms with Crippen molar-refractivity contribution in [3.05, 3.63) is 0 Å². The molecule has 0 aliphatic carbocycles. The van der Waals surface area contributed by atoms with E-state index >= 15 is 0 Å². The second kappa shape index (κ2) is 11.9. The third-order valence-electron chi connectivity index (χ3n) is 3.34. The summed E-state index contributed by atoms with van der Waals surface area (Å²) in [7, 11) is -0.438. The summed E-state index contributed by atoms with van der Waals surface area (Å²) >= 11 is 4.14. The number of halogens is 1. The highest BCUT2D eigenvalue weighted by Gasteiger charge is 2.18. The van der Waals surface area contributed by atoms with Crippen LogP contribution in [0.1, 0.15) is 78.6 Å². The normalized spacial score (nSPS) is 12.9. The molecule has 0 nitrogen and oxygen atoms in total. The molecule has 0 radical (unpaired) electrons. The van der Waals surface area contributed by atoms with E-state index in [4.69, 9.17) is 0 Å². The first-order chi connectivity index (χ1) is 8.18. The molecule has 0 amide bonds. The van der Waals surface area contributed by atoms with E-state index in [1.54, 1.807) is 0 Å². The van der Waals surface area contributed by atoms with Crippen LogP contribution >= 0.6 is 23.3 Å². The van der Waals surface area contributed by atoms with Crippen LogP contribution in [0, 0.1) is 0 Å². The molecule has 0 N–H and O–H groups in total. The average Bonchev–Trinajstić information content (AvgIpc) is 2.34. The number of unbranched alkanes of at least 4 members (excludes halogenated alkanes) is 6. The quantitative estimate of drug-likeness (QED) is 0.351. The molecule has 0 aromatic rings. The minimum atomic E-state index is -0.438. The van der Waals surface area contributed by atoms with Crippen molar-refractivity contribution < 1.29 is 0 Å². The maximum atomic E-state index is 4.14. The van der Waals surface area contributed by atoms with E-state index in [-0.39, 0.29) is 0 Å². The van der Waals surface area contributed by atoms with E-state index in [9.17, 15) is 0 Å². The molecule has 2 heteroatoms. The predicted octanol–water partition coefficient (Wildman–Crippen LogP) is 6.67. The summed E-state index contributed by atoms with van der Waals surface area (Å²) in [6.45, 7) is 6.92. The Balaban J connectivity index is 3.82. The topological polar surface area (TPSA) is 0 Å². The van der Waals surface area contributed by atoms with E-state index in [2.05, 4.69) is 35.6 Å². The van der Waals surface area contributed by atoms with Gasteiger partial charge in [0.2, 0.25) is 0 Å². The first-order valence-electron chi connectivity index (χ1n) is 7.64. The van der Waals surface area contributed by atoms with Crippen molar-refractivity contribution in [1.29, 1.82) is 0 Å². The molecule has 0 aromatic heterocycles. The highest BCUT2D eigenvalue weighted by Crippen LogP contribution is 2.57. The van der Waals surface area contributed by atoms with Crippen molar-refractivity contribution in [3.63, 3.8) is 0 Å². The lowest BCUT2D eigenvalue weighted by molar-refractivity contribution is 0.658. The fourth-order valence-corrected chi connectivity index (χ4v) is 7.08. The molecule has 0 bridgehead atoms. The van der Waals surface area contributed by atoms with Crippen molar-refractivity contribution >= 4 is 23.3 Å². The number of hydrogen-bond acceptors (Lipinski definition) is 0. The summed E-state index contributed by atoms with van der Waals surface area (Å²) in [5, 5.41) is 0. The van der Waals surface area contributed by atoms with E-state index in [0.29, 0.717) is 0 Å². The summed E-state index contributed by atoms with van der Waals surface area (Å²) in [6, 6.07) is 0. The zero-order chi connectivity index (χ0) is 13.0. The summed E-state index contributed by atoms with van der Waals surface area (Å²) in [5.41, 5.74) is 0. The number of hydrogen-bond donors (Lipinski definition) is 0. The van der Waals surface area contributed by atoms with Crippen molar-refractivity contribution in [2.45, 2.75) is 78.6 Å². The van der Waals surface area contributed by atoms with Crippen LogP contribution in [-0.4, -0.2) is 17.3 Å². The molecule has 0 fully saturated rings. The summed E-state index contributed by atoms with van der Waals surface area (Å²) in [5.74, 6) is 4.38. The Bertz CT molecular complexity index is 151. The van der Waals surface area contributed by atoms with Crippen LogP contribution < -0.4 is 0 Å². The van der Waals surface area contributed by atoms with E-state index in [1.165, 1.54) is 75.0 Å². The van der Waals surface area contributed by atoms with Crippen LogP contribution in [0.3, 0.4) is 0 Å². The predicted molar refractivity (Wildman–Crippen MR) is 89.7 cm³/mol. The van der Waals surface area contributed by atoms with Crippen LogP contribution in [0.15, 0.2) is 0 Å². The van der Waals surface area contributed by atoms with Gasteiger partial charge < -0.3 is 0 Å². The minimum Gasteiger partial charge on any atom is -0.183 e. The van der Waals surface area contributed by atoms with E-state index in [0.717, 1.165) is 0 Å². The van der Waals surface area contributed by atoms with Gasteiger partial charge in [0.1, 0.15) is 0 Å². The highest BCUT2D eigenvalue weighted by molar-refractivity contribution is 9.58. The van der Waals surface area contributed by atoms with E-state index in [1.807, 2.05) is 0 Å². The Morgan fingerprint density at radius 2 is 1.00 bits per heavy atom. The Morgan fingerprint density at radius 1 is 0.588 bits per heavy atom.